The fourth-order valence-electron chi connectivity index (χ4n) is 2.76. The Morgan fingerprint density at radius 2 is 1.85 bits per heavy atom. The van der Waals surface area contributed by atoms with Crippen molar-refractivity contribution in [2.45, 2.75) is 39.7 Å². The van der Waals surface area contributed by atoms with Crippen LogP contribution in [-0.2, 0) is 14.4 Å². The molecule has 0 saturated carbocycles. The van der Waals surface area contributed by atoms with Gasteiger partial charge in [-0.25, -0.2) is 0 Å². The van der Waals surface area contributed by atoms with Crippen LogP contribution in [-0.4, -0.2) is 41.1 Å². The molecule has 0 spiro atoms. The molecule has 0 aliphatic carbocycles. The lowest BCUT2D eigenvalue weighted by Crippen LogP contribution is -2.49. The van der Waals surface area contributed by atoms with Gasteiger partial charge >= 0.3 is 6.21 Å². The molecule has 0 heterocycles. The van der Waals surface area contributed by atoms with E-state index in [4.69, 9.17) is 5.53 Å². The van der Waals surface area contributed by atoms with Gasteiger partial charge in [-0.2, -0.15) is 4.79 Å². The minimum Gasteiger partial charge on any atom is -0.373 e. The van der Waals surface area contributed by atoms with E-state index in [2.05, 4.69) is 15.4 Å². The summed E-state index contributed by atoms with van der Waals surface area (Å²) >= 11 is 0. The molecule has 0 aliphatic heterocycles. The van der Waals surface area contributed by atoms with E-state index in [-0.39, 0.29) is 30.6 Å². The Balaban J connectivity index is 2.94. The first-order valence-corrected chi connectivity index (χ1v) is 8.73. The molecule has 0 bridgehead atoms. The van der Waals surface area contributed by atoms with Gasteiger partial charge in [0, 0.05) is 31.0 Å². The third-order valence-corrected chi connectivity index (χ3v) is 4.05. The van der Waals surface area contributed by atoms with Gasteiger partial charge in [0.15, 0.2) is 0 Å². The number of nitrogens with one attached hydrogen (secondary N) is 2. The van der Waals surface area contributed by atoms with Gasteiger partial charge in [0.2, 0.25) is 11.7 Å². The van der Waals surface area contributed by atoms with Gasteiger partial charge in [-0.1, -0.05) is 39.0 Å². The molecule has 0 aliphatic rings. The van der Waals surface area contributed by atoms with Crippen LogP contribution in [0.3, 0.4) is 0 Å². The minimum atomic E-state index is -0.744. The molecular formula is C19H26N4O3. The molecule has 1 aromatic carbocycles. The predicted octanol–water partition coefficient (Wildman–Crippen LogP) is 2.09. The van der Waals surface area contributed by atoms with E-state index in [1.54, 1.807) is 6.92 Å². The Bertz CT molecular complexity index is 667. The molecule has 0 saturated heterocycles. The Hall–Kier alpha value is -2.79. The number of rotatable bonds is 11. The lowest BCUT2D eigenvalue weighted by molar-refractivity contribution is -0.131. The van der Waals surface area contributed by atoms with Gasteiger partial charge in [-0.05, 0) is 18.1 Å². The minimum absolute atomic E-state index is 0.00655. The lowest BCUT2D eigenvalue weighted by Gasteiger charge is -2.29. The number of Topliss-reactive ketones (excluding diaryl/α,β-unsaturated/α-hetero) is 2. The average molecular weight is 358 g/mol. The molecule has 0 aromatic heterocycles. The zero-order valence-corrected chi connectivity index (χ0v) is 15.4. The zero-order valence-electron chi connectivity index (χ0n) is 15.4. The third-order valence-electron chi connectivity index (χ3n) is 4.05. The van der Waals surface area contributed by atoms with Crippen LogP contribution >= 0.6 is 0 Å². The van der Waals surface area contributed by atoms with Crippen molar-refractivity contribution in [3.8, 4) is 0 Å². The van der Waals surface area contributed by atoms with Gasteiger partial charge in [-0.15, -0.1) is 0 Å². The summed E-state index contributed by atoms with van der Waals surface area (Å²) in [5, 5.41) is 5.84. The first-order valence-electron chi connectivity index (χ1n) is 8.73. The van der Waals surface area contributed by atoms with E-state index < -0.39 is 17.7 Å². The van der Waals surface area contributed by atoms with Gasteiger partial charge in [0.25, 0.3) is 0 Å². The molecule has 26 heavy (non-hydrogen) atoms. The van der Waals surface area contributed by atoms with E-state index in [1.165, 1.54) is 0 Å². The quantitative estimate of drug-likeness (QED) is 0.358. The molecule has 140 valence electrons. The monoisotopic (exact) mass is 358 g/mol. The van der Waals surface area contributed by atoms with Crippen molar-refractivity contribution in [2.24, 2.45) is 11.8 Å². The number of anilines is 1. The number of nitrogens with zero attached hydrogens (tertiary/aromatic N) is 2. The summed E-state index contributed by atoms with van der Waals surface area (Å²) in [7, 11) is 0. The van der Waals surface area contributed by atoms with Crippen LogP contribution in [0, 0.1) is 11.8 Å². The zero-order chi connectivity index (χ0) is 19.5. The number of para-hydroxylation sites is 1. The predicted molar refractivity (Wildman–Crippen MR) is 99.8 cm³/mol. The van der Waals surface area contributed by atoms with Crippen molar-refractivity contribution in [1.82, 2.24) is 5.32 Å². The molecule has 0 fully saturated rings. The van der Waals surface area contributed by atoms with Crippen LogP contribution in [0.15, 0.2) is 30.3 Å². The molecule has 1 unspecified atom stereocenters. The van der Waals surface area contributed by atoms with E-state index >= 15 is 0 Å². The molecule has 1 aromatic rings. The van der Waals surface area contributed by atoms with Crippen molar-refractivity contribution < 1.29 is 19.2 Å². The Morgan fingerprint density at radius 1 is 1.19 bits per heavy atom. The number of hydrogen-bond acceptors (Lipinski definition) is 4. The topological polar surface area (TPSA) is 112 Å². The highest BCUT2D eigenvalue weighted by atomic mass is 16.2. The molecule has 2 atom stereocenters. The van der Waals surface area contributed by atoms with Crippen LogP contribution in [0.4, 0.5) is 5.69 Å². The van der Waals surface area contributed by atoms with E-state index in [1.807, 2.05) is 44.2 Å². The maximum absolute atomic E-state index is 12.7. The molecule has 7 nitrogen and oxygen atoms in total. The highest BCUT2D eigenvalue weighted by Crippen LogP contribution is 2.22. The fourth-order valence-corrected chi connectivity index (χ4v) is 2.76. The fraction of sp³-hybridized carbons (Fsp3) is 0.474. The Labute approximate surface area is 153 Å². The Morgan fingerprint density at radius 3 is 2.38 bits per heavy atom. The number of hydrogen-bond donors (Lipinski definition) is 2. The largest absolute Gasteiger partial charge is 0.373 e. The maximum Gasteiger partial charge on any atom is 0.323 e. The smallest absolute Gasteiger partial charge is 0.323 e. The summed E-state index contributed by atoms with van der Waals surface area (Å²) in [4.78, 5) is 39.2. The summed E-state index contributed by atoms with van der Waals surface area (Å²) in [6.45, 7) is 5.70. The number of benzene rings is 1. The highest BCUT2D eigenvalue weighted by molar-refractivity contribution is 6.25. The van der Waals surface area contributed by atoms with Crippen LogP contribution in [0.2, 0.25) is 0 Å². The molecule has 1 amide bonds. The number of carbonyl (C=O) groups is 3. The lowest BCUT2D eigenvalue weighted by atomic mass is 9.83. The van der Waals surface area contributed by atoms with Gasteiger partial charge in [0.1, 0.15) is 11.8 Å². The molecule has 7 heteroatoms. The van der Waals surface area contributed by atoms with Crippen molar-refractivity contribution in [3.63, 3.8) is 0 Å². The summed E-state index contributed by atoms with van der Waals surface area (Å²) < 4.78 is 0. The van der Waals surface area contributed by atoms with Crippen LogP contribution in [0.25, 0.3) is 5.53 Å². The van der Waals surface area contributed by atoms with E-state index in [9.17, 15) is 14.4 Å². The van der Waals surface area contributed by atoms with E-state index in [0.29, 0.717) is 6.42 Å². The van der Waals surface area contributed by atoms with Crippen LogP contribution in [0.1, 0.15) is 33.6 Å². The number of carbonyl (C=O) groups excluding carboxylic acids is 3. The van der Waals surface area contributed by atoms with E-state index in [0.717, 1.165) is 11.9 Å². The number of ketones is 2. The average Bonchev–Trinajstić information content (AvgIpc) is 2.61. The second kappa shape index (κ2) is 10.9. The maximum atomic E-state index is 12.7. The highest BCUT2D eigenvalue weighted by Gasteiger charge is 2.35. The molecule has 0 radical (unpaired) electrons. The molecule has 2 N–H and O–H groups in total. The first-order chi connectivity index (χ1) is 12.4. The van der Waals surface area contributed by atoms with Crippen molar-refractivity contribution in [2.75, 3.05) is 11.9 Å². The number of amides is 1. The Kier molecular flexibility index (Phi) is 8.95. The van der Waals surface area contributed by atoms with Crippen molar-refractivity contribution in [3.05, 3.63) is 35.9 Å². The van der Waals surface area contributed by atoms with Gasteiger partial charge in [0.05, 0.1) is 0 Å². The van der Waals surface area contributed by atoms with Crippen molar-refractivity contribution >= 4 is 29.4 Å². The SMILES string of the molecule is CCC(=O)C(C(C)C)[C@H](Nc1ccccc1)C(=O)NCCC(=O)C=[N+]=[N-]. The third kappa shape index (κ3) is 6.61. The van der Waals surface area contributed by atoms with Crippen LogP contribution < -0.4 is 10.6 Å². The normalized spacial score (nSPS) is 12.6. The molecular weight excluding hydrogens is 332 g/mol. The van der Waals surface area contributed by atoms with Gasteiger partial charge in [-0.3, -0.25) is 14.4 Å². The molecule has 1 rings (SSSR count). The van der Waals surface area contributed by atoms with Gasteiger partial charge < -0.3 is 16.2 Å². The second-order valence-electron chi connectivity index (χ2n) is 6.33. The summed E-state index contributed by atoms with van der Waals surface area (Å²) in [6, 6.07) is 8.47. The summed E-state index contributed by atoms with van der Waals surface area (Å²) in [6.07, 6.45) is 1.15. The first kappa shape index (κ1) is 21.3. The second-order valence-corrected chi connectivity index (χ2v) is 6.33. The van der Waals surface area contributed by atoms with Crippen molar-refractivity contribution in [1.29, 1.82) is 0 Å². The summed E-state index contributed by atoms with van der Waals surface area (Å²) in [5.41, 5.74) is 9.07. The van der Waals surface area contributed by atoms with Crippen LogP contribution in [0.5, 0.6) is 0 Å². The standard InChI is InChI=1S/C19H26N4O3/c1-4-16(25)17(13(2)3)18(23-14-8-6-5-7-9-14)19(26)21-11-10-15(24)12-22-20/h5-9,12-13,17-18,23H,4,10-11H2,1-3H3,(H,21,26)/t17?,18-/m0/s1. The summed E-state index contributed by atoms with van der Waals surface area (Å²) in [5.74, 6) is -1.26.